The van der Waals surface area contributed by atoms with Crippen LogP contribution < -0.4 is 14.8 Å². The molecule has 0 fully saturated rings. The van der Waals surface area contributed by atoms with Gasteiger partial charge in [-0.25, -0.2) is 21.6 Å². The zero-order chi connectivity index (χ0) is 20.7. The van der Waals surface area contributed by atoms with E-state index < -0.39 is 30.0 Å². The van der Waals surface area contributed by atoms with Crippen LogP contribution in [0.25, 0.3) is 0 Å². The Morgan fingerprint density at radius 2 is 1.37 bits per heavy atom. The molecule has 156 valence electrons. The van der Waals surface area contributed by atoms with Gasteiger partial charge in [0, 0.05) is 24.5 Å². The lowest BCUT2D eigenvalue weighted by Gasteiger charge is -2.20. The molecule has 0 aromatic heterocycles. The SMILES string of the molecule is CC(C)S(=O)(=O)NCCCCCNc1ccc(NS(=O)(=O)C(C)(C)C)cc1. The van der Waals surface area contributed by atoms with Crippen LogP contribution in [0.15, 0.2) is 24.3 Å². The number of anilines is 2. The maximum Gasteiger partial charge on any atom is 0.237 e. The maximum absolute atomic E-state index is 12.1. The van der Waals surface area contributed by atoms with Crippen LogP contribution >= 0.6 is 0 Å². The van der Waals surface area contributed by atoms with Gasteiger partial charge in [0.1, 0.15) is 0 Å². The van der Waals surface area contributed by atoms with Crippen molar-refractivity contribution in [3.8, 4) is 0 Å². The molecule has 0 aliphatic heterocycles. The molecule has 27 heavy (non-hydrogen) atoms. The summed E-state index contributed by atoms with van der Waals surface area (Å²) in [4.78, 5) is 0. The summed E-state index contributed by atoms with van der Waals surface area (Å²) in [6, 6.07) is 7.12. The molecule has 0 aliphatic rings. The molecule has 0 heterocycles. The topological polar surface area (TPSA) is 104 Å². The molecule has 0 amide bonds. The van der Waals surface area contributed by atoms with Gasteiger partial charge in [-0.3, -0.25) is 4.72 Å². The molecule has 0 spiro atoms. The Morgan fingerprint density at radius 3 is 1.89 bits per heavy atom. The fourth-order valence-corrected chi connectivity index (χ4v) is 3.52. The van der Waals surface area contributed by atoms with Gasteiger partial charge in [-0.05, 0) is 71.7 Å². The number of hydrogen-bond acceptors (Lipinski definition) is 5. The van der Waals surface area contributed by atoms with E-state index in [0.29, 0.717) is 12.2 Å². The van der Waals surface area contributed by atoms with E-state index in [-0.39, 0.29) is 0 Å². The normalized spacial score (nSPS) is 13.0. The lowest BCUT2D eigenvalue weighted by molar-refractivity contribution is 0.565. The van der Waals surface area contributed by atoms with Crippen LogP contribution in [0, 0.1) is 0 Å². The molecule has 0 bridgehead atoms. The van der Waals surface area contributed by atoms with Crippen molar-refractivity contribution in [3.05, 3.63) is 24.3 Å². The fraction of sp³-hybridized carbons (Fsp3) is 0.667. The molecule has 0 atom stereocenters. The molecule has 0 radical (unpaired) electrons. The molecular weight excluding hydrogens is 386 g/mol. The third-order valence-corrected chi connectivity index (χ3v) is 8.01. The zero-order valence-corrected chi connectivity index (χ0v) is 18.5. The monoisotopic (exact) mass is 419 g/mol. The highest BCUT2D eigenvalue weighted by Gasteiger charge is 2.28. The summed E-state index contributed by atoms with van der Waals surface area (Å²) >= 11 is 0. The molecule has 9 heteroatoms. The first-order valence-corrected chi connectivity index (χ1v) is 12.2. The summed E-state index contributed by atoms with van der Waals surface area (Å²) in [5, 5.41) is 2.87. The highest BCUT2D eigenvalue weighted by molar-refractivity contribution is 7.94. The van der Waals surface area contributed by atoms with Gasteiger partial charge in [-0.15, -0.1) is 0 Å². The molecule has 0 unspecified atom stereocenters. The first-order valence-electron chi connectivity index (χ1n) is 9.20. The van der Waals surface area contributed by atoms with Crippen molar-refractivity contribution in [1.82, 2.24) is 4.72 Å². The second kappa shape index (κ2) is 9.75. The van der Waals surface area contributed by atoms with Crippen LogP contribution in [-0.4, -0.2) is 39.9 Å². The van der Waals surface area contributed by atoms with Crippen molar-refractivity contribution in [1.29, 1.82) is 0 Å². The van der Waals surface area contributed by atoms with Gasteiger partial charge >= 0.3 is 0 Å². The smallest absolute Gasteiger partial charge is 0.237 e. The summed E-state index contributed by atoms with van der Waals surface area (Å²) in [7, 11) is -6.60. The van der Waals surface area contributed by atoms with Gasteiger partial charge in [-0.1, -0.05) is 6.42 Å². The maximum atomic E-state index is 12.1. The van der Waals surface area contributed by atoms with E-state index in [0.717, 1.165) is 31.5 Å². The average Bonchev–Trinajstić information content (AvgIpc) is 2.54. The number of hydrogen-bond donors (Lipinski definition) is 3. The molecule has 1 rings (SSSR count). The molecule has 7 nitrogen and oxygen atoms in total. The predicted octanol–water partition coefficient (Wildman–Crippen LogP) is 3.14. The van der Waals surface area contributed by atoms with E-state index in [1.54, 1.807) is 46.8 Å². The van der Waals surface area contributed by atoms with E-state index in [9.17, 15) is 16.8 Å². The number of unbranched alkanes of at least 4 members (excludes halogenated alkanes) is 2. The molecule has 1 aromatic carbocycles. The molecule has 0 saturated carbocycles. The molecule has 0 aliphatic carbocycles. The van der Waals surface area contributed by atoms with Crippen molar-refractivity contribution >= 4 is 31.4 Å². The van der Waals surface area contributed by atoms with Crippen LogP contribution in [0.3, 0.4) is 0 Å². The number of rotatable bonds is 11. The lowest BCUT2D eigenvalue weighted by Crippen LogP contribution is -2.33. The lowest BCUT2D eigenvalue weighted by atomic mass is 10.2. The fourth-order valence-electron chi connectivity index (χ4n) is 2.00. The average molecular weight is 420 g/mol. The third-order valence-electron chi connectivity index (χ3n) is 4.05. The van der Waals surface area contributed by atoms with E-state index in [1.165, 1.54) is 0 Å². The van der Waals surface area contributed by atoms with Gasteiger partial charge < -0.3 is 5.32 Å². The van der Waals surface area contributed by atoms with Crippen LogP contribution in [0.1, 0.15) is 53.9 Å². The number of sulfonamides is 2. The Labute approximate surface area is 164 Å². The Kier molecular flexibility index (Phi) is 8.56. The Morgan fingerprint density at radius 1 is 0.852 bits per heavy atom. The van der Waals surface area contributed by atoms with Gasteiger partial charge in [0.2, 0.25) is 20.0 Å². The van der Waals surface area contributed by atoms with E-state index >= 15 is 0 Å². The Bertz CT molecular complexity index is 781. The first kappa shape index (κ1) is 23.7. The van der Waals surface area contributed by atoms with Gasteiger partial charge in [0.15, 0.2) is 0 Å². The second-order valence-electron chi connectivity index (χ2n) is 7.77. The number of nitrogens with one attached hydrogen (secondary N) is 3. The first-order chi connectivity index (χ1) is 12.3. The van der Waals surface area contributed by atoms with Gasteiger partial charge in [-0.2, -0.15) is 0 Å². The van der Waals surface area contributed by atoms with E-state index in [2.05, 4.69) is 14.8 Å². The quantitative estimate of drug-likeness (QED) is 0.478. The van der Waals surface area contributed by atoms with Crippen LogP contribution in [0.2, 0.25) is 0 Å². The highest BCUT2D eigenvalue weighted by Crippen LogP contribution is 2.21. The minimum absolute atomic E-state index is 0.407. The summed E-state index contributed by atoms with van der Waals surface area (Å²) in [6.07, 6.45) is 2.63. The van der Waals surface area contributed by atoms with Crippen molar-refractivity contribution < 1.29 is 16.8 Å². The van der Waals surface area contributed by atoms with Gasteiger partial charge in [0.25, 0.3) is 0 Å². The van der Waals surface area contributed by atoms with Crippen LogP contribution in [-0.2, 0) is 20.0 Å². The van der Waals surface area contributed by atoms with Crippen LogP contribution in [0.5, 0.6) is 0 Å². The molecule has 3 N–H and O–H groups in total. The predicted molar refractivity (Wildman–Crippen MR) is 113 cm³/mol. The summed E-state index contributed by atoms with van der Waals surface area (Å²) in [5.74, 6) is 0. The second-order valence-corrected chi connectivity index (χ2v) is 12.5. The third kappa shape index (κ3) is 8.06. The molecule has 1 aromatic rings. The minimum atomic E-state index is -3.43. The molecule has 0 saturated heterocycles. The highest BCUT2D eigenvalue weighted by atomic mass is 32.2. The van der Waals surface area contributed by atoms with Crippen molar-refractivity contribution in [3.63, 3.8) is 0 Å². The zero-order valence-electron chi connectivity index (χ0n) is 16.9. The van der Waals surface area contributed by atoms with E-state index in [4.69, 9.17) is 0 Å². The summed E-state index contributed by atoms with van der Waals surface area (Å²) < 4.78 is 51.8. The standard InChI is InChI=1S/C18H33N3O4S2/c1-15(2)26(22,23)20-14-8-6-7-13-19-16-9-11-17(12-10-16)21-27(24,25)18(3,4)5/h9-12,15,19-21H,6-8,13-14H2,1-5H3. The van der Waals surface area contributed by atoms with Gasteiger partial charge in [0.05, 0.1) is 10.00 Å². The largest absolute Gasteiger partial charge is 0.385 e. The van der Waals surface area contributed by atoms with Crippen LogP contribution in [0.4, 0.5) is 11.4 Å². The van der Waals surface area contributed by atoms with E-state index in [1.807, 2.05) is 12.1 Å². The number of benzene rings is 1. The minimum Gasteiger partial charge on any atom is -0.385 e. The Balaban J connectivity index is 2.31. The van der Waals surface area contributed by atoms with Crippen molar-refractivity contribution in [2.75, 3.05) is 23.1 Å². The van der Waals surface area contributed by atoms with Crippen molar-refractivity contribution in [2.45, 2.75) is 63.9 Å². The van der Waals surface area contributed by atoms with Crippen molar-refractivity contribution in [2.24, 2.45) is 0 Å². The summed E-state index contributed by atoms with van der Waals surface area (Å²) in [5.41, 5.74) is 1.45. The Hall–Kier alpha value is -1.32. The molecular formula is C18H33N3O4S2. The summed E-state index contributed by atoms with van der Waals surface area (Å²) in [6.45, 7) is 9.50.